The van der Waals surface area contributed by atoms with Gasteiger partial charge in [-0.2, -0.15) is 0 Å². The maximum atomic E-state index is 11.7. The second-order valence-corrected chi connectivity index (χ2v) is 17.3. The standard InChI is InChI=1S/C31H34N3S.C13H24O2.Ir/c1-18-9-10-20-13-22(14-23(25(20)34-18)16-31(6,7)8)26-29-27(33-17-32-26)24-12-11-21(15-30(3,4)5)19(2)28(24)35-29;1-5-10(6-2)12(14)9-13(15)11(7-3)8-4;/h9-12,14,17H,15-16H2,1-8H3;9-11,14H,5-8H2,1-4H3;/q-1;;/b;12-9-;. The van der Waals surface area contributed by atoms with E-state index in [4.69, 9.17) is 15.0 Å². The minimum absolute atomic E-state index is 0. The van der Waals surface area contributed by atoms with Gasteiger partial charge in [-0.3, -0.25) is 14.8 Å². The molecule has 0 aliphatic rings. The van der Waals surface area contributed by atoms with Gasteiger partial charge in [-0.05, 0) is 74.3 Å². The molecule has 0 bridgehead atoms. The van der Waals surface area contributed by atoms with Crippen LogP contribution in [0.1, 0.15) is 117 Å². The van der Waals surface area contributed by atoms with Gasteiger partial charge in [0.15, 0.2) is 5.78 Å². The summed E-state index contributed by atoms with van der Waals surface area (Å²) in [6.45, 7) is 26.1. The SMILES string of the molecule is CCC(CC)C(=O)/C=C(\O)C(CC)CC.Cc1ccc2[c-]c(-c3ncnc4c3sc3c(C)c(CC(C)(C)C)ccc34)cc(CC(C)(C)C)c2n1.[Ir]. The number of thiophene rings is 1. The number of aliphatic hydroxyl groups is 1. The van der Waals surface area contributed by atoms with E-state index in [0.29, 0.717) is 0 Å². The first-order valence-corrected chi connectivity index (χ1v) is 19.2. The maximum absolute atomic E-state index is 11.7. The monoisotopic (exact) mass is 885 g/mol. The molecule has 0 atom stereocenters. The molecule has 0 spiro atoms. The quantitative estimate of drug-likeness (QED) is 0.0859. The Morgan fingerprint density at radius 3 is 2.02 bits per heavy atom. The number of pyridine rings is 1. The zero-order valence-electron chi connectivity index (χ0n) is 32.9. The third-order valence-corrected chi connectivity index (χ3v) is 10.8. The Balaban J connectivity index is 0.000000374. The third kappa shape index (κ3) is 10.6. The number of nitrogens with zero attached hydrogens (tertiary/aromatic N) is 3. The fourth-order valence-corrected chi connectivity index (χ4v) is 7.99. The molecule has 0 amide bonds. The molecule has 0 saturated carbocycles. The van der Waals surface area contributed by atoms with E-state index in [0.717, 1.165) is 76.6 Å². The molecule has 5 aromatic rings. The van der Waals surface area contributed by atoms with Gasteiger partial charge in [0, 0.05) is 69.7 Å². The first-order chi connectivity index (χ1) is 23.5. The Bertz CT molecular complexity index is 1990. The molecule has 3 aromatic heterocycles. The molecule has 2 aromatic carbocycles. The number of hydrogen-bond donors (Lipinski definition) is 1. The van der Waals surface area contributed by atoms with E-state index >= 15 is 0 Å². The number of carbonyl (C=O) groups excluding carboxylic acids is 1. The smallest absolute Gasteiger partial charge is 0.162 e. The summed E-state index contributed by atoms with van der Waals surface area (Å²) in [6.07, 6.45) is 8.61. The molecule has 5 nitrogen and oxygen atoms in total. The van der Waals surface area contributed by atoms with Crippen molar-refractivity contribution in [1.29, 1.82) is 0 Å². The first-order valence-electron chi connectivity index (χ1n) is 18.4. The van der Waals surface area contributed by atoms with Gasteiger partial charge in [0.2, 0.25) is 0 Å². The van der Waals surface area contributed by atoms with Gasteiger partial charge in [-0.25, -0.2) is 4.98 Å². The molecule has 277 valence electrons. The van der Waals surface area contributed by atoms with Crippen molar-refractivity contribution in [1.82, 2.24) is 15.0 Å². The van der Waals surface area contributed by atoms with E-state index in [-0.39, 0.29) is 54.3 Å². The van der Waals surface area contributed by atoms with Crippen molar-refractivity contribution in [3.05, 3.63) is 76.9 Å². The van der Waals surface area contributed by atoms with Gasteiger partial charge in [-0.1, -0.05) is 104 Å². The summed E-state index contributed by atoms with van der Waals surface area (Å²) in [5.41, 5.74) is 9.53. The molecule has 7 heteroatoms. The molecule has 3 heterocycles. The van der Waals surface area contributed by atoms with Crippen LogP contribution in [0, 0.1) is 42.6 Å². The van der Waals surface area contributed by atoms with E-state index in [2.05, 4.69) is 91.8 Å². The van der Waals surface area contributed by atoms with Crippen molar-refractivity contribution in [2.24, 2.45) is 22.7 Å². The number of ketones is 1. The fraction of sp³-hybridized carbons (Fsp3) is 0.500. The van der Waals surface area contributed by atoms with Gasteiger partial charge >= 0.3 is 0 Å². The van der Waals surface area contributed by atoms with Crippen LogP contribution >= 0.6 is 11.3 Å². The number of rotatable bonds is 10. The summed E-state index contributed by atoms with van der Waals surface area (Å²) in [6, 6.07) is 14.6. The number of benzene rings is 2. The molecule has 5 rings (SSSR count). The predicted octanol–water partition coefficient (Wildman–Crippen LogP) is 12.5. The number of aryl methyl sites for hydroxylation is 2. The Labute approximate surface area is 324 Å². The first kappa shape index (κ1) is 42.4. The summed E-state index contributed by atoms with van der Waals surface area (Å²) in [7, 11) is 0. The number of allylic oxidation sites excluding steroid dienone is 2. The Hall–Kier alpha value is -2.99. The van der Waals surface area contributed by atoms with Crippen LogP contribution in [-0.4, -0.2) is 25.8 Å². The second kappa shape index (κ2) is 17.7. The van der Waals surface area contributed by atoms with Crippen LogP contribution in [0.5, 0.6) is 0 Å². The minimum Gasteiger partial charge on any atom is -0.512 e. The van der Waals surface area contributed by atoms with Gasteiger partial charge in [0.1, 0.15) is 6.33 Å². The van der Waals surface area contributed by atoms with Crippen LogP contribution in [0.4, 0.5) is 0 Å². The number of carbonyl (C=O) groups is 1. The Kier molecular flexibility index (Phi) is 14.7. The van der Waals surface area contributed by atoms with Gasteiger partial charge < -0.3 is 5.11 Å². The molecule has 0 unspecified atom stereocenters. The van der Waals surface area contributed by atoms with E-state index in [9.17, 15) is 9.90 Å². The van der Waals surface area contributed by atoms with Gasteiger partial charge in [0.25, 0.3) is 0 Å². The van der Waals surface area contributed by atoms with Crippen molar-refractivity contribution in [2.45, 2.75) is 122 Å². The molecule has 1 radical (unpaired) electrons. The van der Waals surface area contributed by atoms with Crippen LogP contribution in [0.15, 0.2) is 48.5 Å². The molecule has 0 saturated heterocycles. The number of hydrogen-bond acceptors (Lipinski definition) is 6. The van der Waals surface area contributed by atoms with Crippen LogP contribution in [0.25, 0.3) is 42.5 Å². The van der Waals surface area contributed by atoms with Crippen molar-refractivity contribution >= 4 is 48.3 Å². The number of fused-ring (bicyclic) bond motifs is 4. The molecular weight excluding hydrogens is 827 g/mol. The average Bonchev–Trinajstić information content (AvgIpc) is 3.42. The third-order valence-electron chi connectivity index (χ3n) is 9.49. The normalized spacial score (nSPS) is 12.5. The van der Waals surface area contributed by atoms with E-state index < -0.39 is 0 Å². The van der Waals surface area contributed by atoms with Crippen molar-refractivity contribution in [3.63, 3.8) is 0 Å². The largest absolute Gasteiger partial charge is 0.512 e. The van der Waals surface area contributed by atoms with E-state index in [1.807, 2.05) is 39.0 Å². The average molecular weight is 885 g/mol. The summed E-state index contributed by atoms with van der Waals surface area (Å²) >= 11 is 1.82. The zero-order chi connectivity index (χ0) is 37.0. The van der Waals surface area contributed by atoms with E-state index in [1.54, 1.807) is 6.33 Å². The topological polar surface area (TPSA) is 76.0 Å². The molecule has 0 fully saturated rings. The number of aromatic nitrogens is 3. The summed E-state index contributed by atoms with van der Waals surface area (Å²) in [5.74, 6) is 0.547. The van der Waals surface area contributed by atoms with E-state index in [1.165, 1.54) is 32.9 Å². The second-order valence-electron chi connectivity index (χ2n) is 16.3. The van der Waals surface area contributed by atoms with Crippen LogP contribution in [-0.2, 0) is 37.7 Å². The van der Waals surface area contributed by atoms with Crippen LogP contribution in [0.3, 0.4) is 0 Å². The zero-order valence-corrected chi connectivity index (χ0v) is 36.1. The maximum Gasteiger partial charge on any atom is 0.162 e. The van der Waals surface area contributed by atoms with Gasteiger partial charge in [-0.15, -0.1) is 29.5 Å². The van der Waals surface area contributed by atoms with Crippen LogP contribution < -0.4 is 0 Å². The summed E-state index contributed by atoms with van der Waals surface area (Å²) in [4.78, 5) is 26.1. The number of aliphatic hydroxyl groups excluding tert-OH is 1. The minimum atomic E-state index is 0. The van der Waals surface area contributed by atoms with Gasteiger partial charge in [0.05, 0.1) is 11.3 Å². The predicted molar refractivity (Wildman–Crippen MR) is 214 cm³/mol. The molecular formula is C44H58IrN3O2S-. The van der Waals surface area contributed by atoms with Crippen molar-refractivity contribution < 1.29 is 30.0 Å². The summed E-state index contributed by atoms with van der Waals surface area (Å²) in [5, 5.41) is 12.0. The molecule has 1 N–H and O–H groups in total. The molecule has 51 heavy (non-hydrogen) atoms. The van der Waals surface area contributed by atoms with Crippen LogP contribution in [0.2, 0.25) is 0 Å². The molecule has 0 aliphatic heterocycles. The van der Waals surface area contributed by atoms with Crippen molar-refractivity contribution in [2.75, 3.05) is 0 Å². The van der Waals surface area contributed by atoms with Crippen molar-refractivity contribution in [3.8, 4) is 11.3 Å². The Morgan fingerprint density at radius 2 is 1.43 bits per heavy atom. The summed E-state index contributed by atoms with van der Waals surface area (Å²) < 4.78 is 2.45. The fourth-order valence-electron chi connectivity index (χ4n) is 6.71. The molecule has 0 aliphatic carbocycles. The Morgan fingerprint density at radius 1 is 0.824 bits per heavy atom.